The van der Waals surface area contributed by atoms with Crippen molar-refractivity contribution in [2.45, 2.75) is 104 Å². The molecule has 0 aliphatic heterocycles. The van der Waals surface area contributed by atoms with Gasteiger partial charge in [0.25, 0.3) is 0 Å². The van der Waals surface area contributed by atoms with E-state index in [1.54, 1.807) is 14.2 Å². The number of rotatable bonds is 10. The summed E-state index contributed by atoms with van der Waals surface area (Å²) >= 11 is 0. The molecule has 2 aliphatic carbocycles. The number of nitrogens with zero attached hydrogens (tertiary/aromatic N) is 2. The van der Waals surface area contributed by atoms with E-state index >= 15 is 0 Å². The molecule has 0 N–H and O–H groups in total. The van der Waals surface area contributed by atoms with E-state index in [2.05, 4.69) is 90.0 Å². The number of aryl methyl sites for hydroxylation is 5. The van der Waals surface area contributed by atoms with Gasteiger partial charge >= 0.3 is 17.1 Å². The molecule has 262 valence electrons. The summed E-state index contributed by atoms with van der Waals surface area (Å²) in [5.41, 5.74) is 8.02. The normalized spacial score (nSPS) is 17.4. The van der Waals surface area contributed by atoms with Crippen LogP contribution >= 0.6 is 7.92 Å². The number of hydrogen-bond acceptors (Lipinski definition) is 4. The Kier molecular flexibility index (Phi) is 18.7. The number of ether oxygens (including phenoxy) is 2. The van der Waals surface area contributed by atoms with Crippen LogP contribution in [0.1, 0.15) is 92.7 Å². The first-order valence-corrected chi connectivity index (χ1v) is 18.3. The maximum Gasteiger partial charge on any atom is 2.00 e. The van der Waals surface area contributed by atoms with E-state index in [9.17, 15) is 0 Å². The summed E-state index contributed by atoms with van der Waals surface area (Å²) < 4.78 is 11.5. The Morgan fingerprint density at radius 1 is 0.766 bits per heavy atom. The maximum absolute atomic E-state index is 5.75. The molecule has 2 aliphatic rings. The molecule has 0 bridgehead atoms. The van der Waals surface area contributed by atoms with Crippen LogP contribution in [0.5, 0.6) is 11.5 Å². The molecule has 2 saturated carbocycles. The van der Waals surface area contributed by atoms with E-state index in [1.165, 1.54) is 102 Å². The molecule has 0 spiro atoms. The van der Waals surface area contributed by atoms with E-state index in [0.717, 1.165) is 17.9 Å². The second kappa shape index (κ2) is 20.5. The summed E-state index contributed by atoms with van der Waals surface area (Å²) in [6, 6.07) is 14.0. The van der Waals surface area contributed by atoms with Gasteiger partial charge in [0.1, 0.15) is 11.5 Å². The fraction of sp³-hybridized carbons (Fsp3) is 0.537. The van der Waals surface area contributed by atoms with Crippen molar-refractivity contribution in [3.63, 3.8) is 0 Å². The molecule has 4 nitrogen and oxygen atoms in total. The number of aromatic nitrogens is 1. The van der Waals surface area contributed by atoms with Gasteiger partial charge in [0, 0.05) is 31.7 Å². The average Bonchev–Trinajstić information content (AvgIpc) is 3.72. The molecule has 1 aromatic heterocycles. The van der Waals surface area contributed by atoms with Crippen molar-refractivity contribution >= 4 is 24.2 Å². The van der Waals surface area contributed by atoms with Crippen LogP contribution in [0.15, 0.2) is 42.6 Å². The summed E-state index contributed by atoms with van der Waals surface area (Å²) in [6.45, 7) is 11.3. The Labute approximate surface area is 301 Å². The molecular weight excluding hydrogens is 639 g/mol. The predicted molar refractivity (Wildman–Crippen MR) is 204 cm³/mol. The molecule has 6 heteroatoms. The van der Waals surface area contributed by atoms with Gasteiger partial charge in [-0.05, 0) is 148 Å². The van der Waals surface area contributed by atoms with Crippen molar-refractivity contribution in [3.8, 4) is 11.5 Å². The van der Waals surface area contributed by atoms with Crippen molar-refractivity contribution in [1.29, 1.82) is 0 Å². The Morgan fingerprint density at radius 3 is 1.66 bits per heavy atom. The van der Waals surface area contributed by atoms with Gasteiger partial charge in [0.05, 0.1) is 14.2 Å². The van der Waals surface area contributed by atoms with Crippen molar-refractivity contribution in [3.05, 3.63) is 85.4 Å². The third-order valence-corrected chi connectivity index (χ3v) is 12.8. The van der Waals surface area contributed by atoms with Crippen LogP contribution in [0.4, 0.5) is 5.69 Å². The molecule has 47 heavy (non-hydrogen) atoms. The van der Waals surface area contributed by atoms with Crippen LogP contribution in [-0.2, 0) is 23.5 Å². The Morgan fingerprint density at radius 2 is 1.23 bits per heavy atom. The molecule has 0 radical (unpaired) electrons. The van der Waals surface area contributed by atoms with Crippen molar-refractivity contribution in [1.82, 2.24) is 4.98 Å². The summed E-state index contributed by atoms with van der Waals surface area (Å²) in [4.78, 5) is 6.85. The first-order valence-electron chi connectivity index (χ1n) is 16.9. The molecule has 1 heterocycles. The number of methoxy groups -OCH3 is 2. The van der Waals surface area contributed by atoms with E-state index < -0.39 is 7.92 Å². The van der Waals surface area contributed by atoms with Crippen LogP contribution in [0, 0.1) is 54.4 Å². The van der Waals surface area contributed by atoms with Gasteiger partial charge in [0.15, 0.2) is 0 Å². The summed E-state index contributed by atoms with van der Waals surface area (Å²) in [5, 5.41) is 2.96. The van der Waals surface area contributed by atoms with E-state index in [-0.39, 0.29) is 31.9 Å². The van der Waals surface area contributed by atoms with Gasteiger partial charge in [-0.1, -0.05) is 45.4 Å². The fourth-order valence-corrected chi connectivity index (χ4v) is 11.3. The zero-order chi connectivity index (χ0) is 31.8. The standard InChI is InChI=1S/C34H47N2O2P.C5H10.2CH3.Fe/c1-22(13-14-27-21-28(36(6)7)15-16-35-27)31-11-10-12-32(31)39(29-17-23(2)33(37-8)24(3)18-29)30-19-25(4)34(38-9)26(5)20-30;1-2-4-5-3-1;;;/h15-22,31-32H,10-14H2,1-9H3;1-5H2;2*1H3;/q;;2*-1;+2/t22-,31?,32?;;;;/m0..../s1. The smallest absolute Gasteiger partial charge is 0.496 e. The summed E-state index contributed by atoms with van der Waals surface area (Å²) in [6.07, 6.45) is 15.6. The first-order chi connectivity index (χ1) is 21.1. The van der Waals surface area contributed by atoms with Crippen molar-refractivity contribution in [2.24, 2.45) is 11.8 Å². The molecule has 3 atom stereocenters. The molecule has 2 aromatic carbocycles. The van der Waals surface area contributed by atoms with Gasteiger partial charge in [0.2, 0.25) is 0 Å². The van der Waals surface area contributed by atoms with Gasteiger partial charge in [-0.15, -0.1) is 0 Å². The zero-order valence-electron chi connectivity index (χ0n) is 31.4. The maximum atomic E-state index is 5.75. The Bertz CT molecular complexity index is 1260. The largest absolute Gasteiger partial charge is 2.00 e. The zero-order valence-corrected chi connectivity index (χ0v) is 33.4. The molecule has 0 amide bonds. The van der Waals surface area contributed by atoms with Crippen LogP contribution in [0.2, 0.25) is 0 Å². The Balaban J connectivity index is 0.00000126. The minimum Gasteiger partial charge on any atom is -0.496 e. The van der Waals surface area contributed by atoms with Crippen LogP contribution in [-0.4, -0.2) is 39.0 Å². The third kappa shape index (κ3) is 11.0. The summed E-state index contributed by atoms with van der Waals surface area (Å²) in [5.74, 6) is 3.38. The van der Waals surface area contributed by atoms with Gasteiger partial charge in [-0.2, -0.15) is 0 Å². The van der Waals surface area contributed by atoms with Crippen LogP contribution in [0.25, 0.3) is 0 Å². The SMILES string of the molecule is C1CCCC1.COc1c(C)cc(P(c2cc(C)c(OC)c(C)c2)C2CCCC2[C@@H](C)CCc2cc(N(C)C)ccn2)cc1C.[CH3-].[CH3-].[Fe+2]. The van der Waals surface area contributed by atoms with E-state index in [0.29, 0.717) is 17.5 Å². The summed E-state index contributed by atoms with van der Waals surface area (Å²) in [7, 11) is 7.22. The Hall–Kier alpha value is -2.06. The van der Waals surface area contributed by atoms with Gasteiger partial charge in [-0.25, -0.2) is 0 Å². The van der Waals surface area contributed by atoms with Crippen molar-refractivity contribution in [2.75, 3.05) is 33.2 Å². The fourth-order valence-electron chi connectivity index (χ4n) is 7.62. The molecule has 0 saturated heterocycles. The quantitative estimate of drug-likeness (QED) is 0.120. The topological polar surface area (TPSA) is 34.6 Å². The number of anilines is 1. The minimum absolute atomic E-state index is 0. The number of benzene rings is 2. The van der Waals surface area contributed by atoms with Crippen molar-refractivity contribution < 1.29 is 26.5 Å². The van der Waals surface area contributed by atoms with Crippen LogP contribution in [0.3, 0.4) is 0 Å². The van der Waals surface area contributed by atoms with Crippen LogP contribution < -0.4 is 25.0 Å². The average molecular weight is 703 g/mol. The van der Waals surface area contributed by atoms with E-state index in [4.69, 9.17) is 14.5 Å². The predicted octanol–water partition coefficient (Wildman–Crippen LogP) is 10.1. The van der Waals surface area contributed by atoms with Gasteiger partial charge < -0.3 is 29.2 Å². The minimum atomic E-state index is -0.536. The third-order valence-electron chi connectivity index (χ3n) is 9.87. The van der Waals surface area contributed by atoms with Gasteiger partial charge in [-0.3, -0.25) is 4.98 Å². The van der Waals surface area contributed by atoms with E-state index in [1.807, 2.05) is 6.20 Å². The number of hydrogen-bond donors (Lipinski definition) is 0. The molecule has 5 rings (SSSR count). The molecule has 2 fully saturated rings. The molecule has 2 unspecified atom stereocenters. The number of pyridine rings is 1. The monoisotopic (exact) mass is 702 g/mol. The first kappa shape index (κ1) is 43.0. The second-order valence-electron chi connectivity index (χ2n) is 13.4. The second-order valence-corrected chi connectivity index (χ2v) is 15.9. The molecular formula is C41H63FeN2O2P. The molecule has 3 aromatic rings.